The summed E-state index contributed by atoms with van der Waals surface area (Å²) in [5, 5.41) is 9.84. The number of carbonyl (C=O) groups is 3. The predicted molar refractivity (Wildman–Crippen MR) is 325 cm³/mol. The highest BCUT2D eigenvalue weighted by Gasteiger charge is 2.28. The number of hydrogen-bond acceptors (Lipinski definition) is 10. The zero-order valence-corrected chi connectivity index (χ0v) is 51.0. The average molecular weight is 1120 g/mol. The van der Waals surface area contributed by atoms with E-state index in [-0.39, 0.29) is 25.9 Å². The fraction of sp³-hybridized carbons (Fsp3) is 0.773. The molecule has 11 nitrogen and oxygen atoms in total. The number of carbonyl (C=O) groups excluding carboxylic acids is 3. The standard InChI is InChI=1S/C66H117O11P/c1-4-7-10-13-16-19-22-25-28-30-31-33-35-37-40-43-46-49-52-55-64(68)73-59-63(77-66(70)57-54-51-48-45-42-39-36-32-29-26-23-20-17-14-11-8-5-2)61-75-78(71,72)74-60-62(58-67)76-65(69)56-53-50-47-44-41-38-34-27-24-21-18-15-12-9-6-3/h16,18-19,21,25-29,31,33-34,62-63,67H,4-15,17,20,22-24,30,32,35-61H2,1-3H3,(H,71,72)/b19-16-,21-18-,28-25-,29-26-,33-31-,34-27-. The van der Waals surface area contributed by atoms with Crippen molar-refractivity contribution in [2.75, 3.05) is 26.4 Å². The summed E-state index contributed by atoms with van der Waals surface area (Å²) in [5.74, 6) is -1.49. The molecule has 3 atom stereocenters. The Hall–Kier alpha value is -3.08. The van der Waals surface area contributed by atoms with Crippen LogP contribution in [-0.2, 0) is 42.2 Å². The summed E-state index contributed by atoms with van der Waals surface area (Å²) < 4.78 is 39.6. The van der Waals surface area contributed by atoms with E-state index < -0.39 is 57.8 Å². The first-order valence-electron chi connectivity index (χ1n) is 31.8. The molecule has 0 heterocycles. The minimum atomic E-state index is -4.76. The number of unbranched alkanes of at least 4 members (excludes halogenated alkanes) is 30. The lowest BCUT2D eigenvalue weighted by Crippen LogP contribution is -2.30. The zero-order chi connectivity index (χ0) is 56.9. The van der Waals surface area contributed by atoms with Gasteiger partial charge < -0.3 is 24.2 Å². The molecule has 452 valence electrons. The number of esters is 3. The quantitative estimate of drug-likeness (QED) is 0.0197. The van der Waals surface area contributed by atoms with E-state index in [1.165, 1.54) is 103 Å². The molecule has 0 aromatic carbocycles. The summed E-state index contributed by atoms with van der Waals surface area (Å²) in [6.07, 6.45) is 68.4. The molecule has 0 aliphatic rings. The van der Waals surface area contributed by atoms with Gasteiger partial charge in [0.25, 0.3) is 0 Å². The number of aliphatic hydroxyl groups excluding tert-OH is 1. The largest absolute Gasteiger partial charge is 0.472 e. The maximum Gasteiger partial charge on any atom is 0.472 e. The van der Waals surface area contributed by atoms with Crippen molar-refractivity contribution in [3.8, 4) is 0 Å². The minimum Gasteiger partial charge on any atom is -0.462 e. The molecule has 0 aliphatic heterocycles. The number of hydrogen-bond donors (Lipinski definition) is 2. The first-order valence-corrected chi connectivity index (χ1v) is 33.3. The topological polar surface area (TPSA) is 155 Å². The van der Waals surface area contributed by atoms with Gasteiger partial charge in [-0.1, -0.05) is 229 Å². The van der Waals surface area contributed by atoms with Crippen LogP contribution in [0.1, 0.15) is 290 Å². The Morgan fingerprint density at radius 2 is 0.628 bits per heavy atom. The molecular weight excluding hydrogens is 1000 g/mol. The SMILES string of the molecule is CCCCC/C=C\C/C=C\C/C=C\CCCCCCCCC(=O)OCC(COP(=O)(O)OCC(CO)OC(=O)CCCCCCC/C=C\C/C=C\CCCCC)OC(=O)CCCCCCCCC/C=C\CCCCCCCC. The Morgan fingerprint density at radius 3 is 1.00 bits per heavy atom. The van der Waals surface area contributed by atoms with Gasteiger partial charge in [0.2, 0.25) is 0 Å². The smallest absolute Gasteiger partial charge is 0.462 e. The molecule has 2 N–H and O–H groups in total. The van der Waals surface area contributed by atoms with Crippen LogP contribution in [0.15, 0.2) is 72.9 Å². The van der Waals surface area contributed by atoms with E-state index in [1.54, 1.807) is 0 Å². The van der Waals surface area contributed by atoms with Crippen molar-refractivity contribution in [1.29, 1.82) is 0 Å². The van der Waals surface area contributed by atoms with Crippen LogP contribution in [0.2, 0.25) is 0 Å². The molecule has 12 heteroatoms. The molecule has 0 saturated heterocycles. The molecule has 0 rings (SSSR count). The fourth-order valence-electron chi connectivity index (χ4n) is 8.68. The van der Waals surface area contributed by atoms with E-state index in [1.807, 2.05) is 0 Å². The molecule has 3 unspecified atom stereocenters. The van der Waals surface area contributed by atoms with Crippen LogP contribution >= 0.6 is 7.82 Å². The summed E-state index contributed by atoms with van der Waals surface area (Å²) >= 11 is 0. The van der Waals surface area contributed by atoms with Crippen molar-refractivity contribution in [3.05, 3.63) is 72.9 Å². The van der Waals surface area contributed by atoms with E-state index in [0.29, 0.717) is 19.3 Å². The third-order valence-electron chi connectivity index (χ3n) is 13.6. The summed E-state index contributed by atoms with van der Waals surface area (Å²) in [4.78, 5) is 48.7. The van der Waals surface area contributed by atoms with Crippen LogP contribution in [0.5, 0.6) is 0 Å². The van der Waals surface area contributed by atoms with Gasteiger partial charge in [-0.05, 0) is 116 Å². The lowest BCUT2D eigenvalue weighted by Gasteiger charge is -2.21. The lowest BCUT2D eigenvalue weighted by molar-refractivity contribution is -0.161. The van der Waals surface area contributed by atoms with Crippen LogP contribution in [-0.4, -0.2) is 66.5 Å². The second kappa shape index (κ2) is 60.0. The highest BCUT2D eigenvalue weighted by atomic mass is 31.2. The Kier molecular flexibility index (Phi) is 57.7. The van der Waals surface area contributed by atoms with Gasteiger partial charge in [-0.15, -0.1) is 0 Å². The highest BCUT2D eigenvalue weighted by Crippen LogP contribution is 2.43. The minimum absolute atomic E-state index is 0.158. The molecule has 0 radical (unpaired) electrons. The number of aliphatic hydroxyl groups is 1. The number of phosphoric acid groups is 1. The molecule has 0 aliphatic carbocycles. The van der Waals surface area contributed by atoms with Crippen LogP contribution < -0.4 is 0 Å². The van der Waals surface area contributed by atoms with Gasteiger partial charge in [0.15, 0.2) is 6.10 Å². The van der Waals surface area contributed by atoms with E-state index in [9.17, 15) is 28.9 Å². The summed E-state index contributed by atoms with van der Waals surface area (Å²) in [6.45, 7) is 4.59. The van der Waals surface area contributed by atoms with Gasteiger partial charge >= 0.3 is 25.7 Å². The van der Waals surface area contributed by atoms with Crippen molar-refractivity contribution in [2.24, 2.45) is 0 Å². The van der Waals surface area contributed by atoms with Crippen LogP contribution in [0, 0.1) is 0 Å². The molecule has 78 heavy (non-hydrogen) atoms. The van der Waals surface area contributed by atoms with E-state index in [0.717, 1.165) is 128 Å². The first kappa shape index (κ1) is 74.9. The molecule has 0 aromatic heterocycles. The lowest BCUT2D eigenvalue weighted by atomic mass is 10.1. The van der Waals surface area contributed by atoms with Crippen LogP contribution in [0.25, 0.3) is 0 Å². The van der Waals surface area contributed by atoms with Crippen molar-refractivity contribution >= 4 is 25.7 Å². The van der Waals surface area contributed by atoms with E-state index >= 15 is 0 Å². The second-order valence-electron chi connectivity index (χ2n) is 21.2. The Bertz CT molecular complexity index is 1590. The van der Waals surface area contributed by atoms with Crippen molar-refractivity contribution in [3.63, 3.8) is 0 Å². The molecule has 0 bridgehead atoms. The monoisotopic (exact) mass is 1120 g/mol. The van der Waals surface area contributed by atoms with Crippen molar-refractivity contribution < 1.29 is 52.2 Å². The van der Waals surface area contributed by atoms with Crippen molar-refractivity contribution in [2.45, 2.75) is 303 Å². The van der Waals surface area contributed by atoms with Crippen LogP contribution in [0.3, 0.4) is 0 Å². The maximum absolute atomic E-state index is 12.9. The highest BCUT2D eigenvalue weighted by molar-refractivity contribution is 7.47. The summed E-state index contributed by atoms with van der Waals surface area (Å²) in [6, 6.07) is 0. The normalized spacial score (nSPS) is 13.8. The fourth-order valence-corrected chi connectivity index (χ4v) is 9.47. The third kappa shape index (κ3) is 57.6. The van der Waals surface area contributed by atoms with E-state index in [4.69, 9.17) is 23.3 Å². The number of ether oxygens (including phenoxy) is 3. The zero-order valence-electron chi connectivity index (χ0n) is 50.1. The summed E-state index contributed by atoms with van der Waals surface area (Å²) in [5.41, 5.74) is 0. The number of phosphoric ester groups is 1. The van der Waals surface area contributed by atoms with Gasteiger partial charge in [0.05, 0.1) is 19.8 Å². The Balaban J connectivity index is 4.74. The maximum atomic E-state index is 12.9. The molecular formula is C66H117O11P. The third-order valence-corrected chi connectivity index (χ3v) is 14.5. The number of rotatable bonds is 59. The molecule has 0 saturated carbocycles. The van der Waals surface area contributed by atoms with E-state index in [2.05, 4.69) is 93.7 Å². The molecule has 0 amide bonds. The summed E-state index contributed by atoms with van der Waals surface area (Å²) in [7, 11) is -4.76. The molecule has 0 fully saturated rings. The first-order chi connectivity index (χ1) is 38.2. The van der Waals surface area contributed by atoms with Crippen LogP contribution in [0.4, 0.5) is 0 Å². The van der Waals surface area contributed by atoms with Gasteiger partial charge in [-0.25, -0.2) is 4.57 Å². The molecule has 0 spiro atoms. The van der Waals surface area contributed by atoms with Crippen molar-refractivity contribution in [1.82, 2.24) is 0 Å². The van der Waals surface area contributed by atoms with Gasteiger partial charge in [0, 0.05) is 19.3 Å². The van der Waals surface area contributed by atoms with Gasteiger partial charge in [-0.2, -0.15) is 0 Å². The second-order valence-corrected chi connectivity index (χ2v) is 22.7. The Morgan fingerprint density at radius 1 is 0.359 bits per heavy atom. The van der Waals surface area contributed by atoms with Gasteiger partial charge in [0.1, 0.15) is 12.7 Å². The number of allylic oxidation sites excluding steroid dienone is 12. The Labute approximate surface area is 478 Å². The predicted octanol–water partition coefficient (Wildman–Crippen LogP) is 19.3. The average Bonchev–Trinajstić information content (AvgIpc) is 3.43. The van der Waals surface area contributed by atoms with Gasteiger partial charge in [-0.3, -0.25) is 23.4 Å². The molecule has 0 aromatic rings.